The molecule has 6 nitrogen and oxygen atoms in total. The molecule has 4 saturated carbocycles. The fraction of sp³-hybridized carbons (Fsp3) is 0.889. The van der Waals surface area contributed by atoms with E-state index in [2.05, 4.69) is 20.8 Å². The second-order valence-electron chi connectivity index (χ2n) is 11.8. The van der Waals surface area contributed by atoms with Crippen molar-refractivity contribution in [1.82, 2.24) is 0 Å². The predicted molar refractivity (Wildman–Crippen MR) is 123 cm³/mol. The first-order chi connectivity index (χ1) is 15.5. The summed E-state index contributed by atoms with van der Waals surface area (Å²) in [6.07, 6.45) is 7.16. The Labute approximate surface area is 198 Å². The summed E-state index contributed by atoms with van der Waals surface area (Å²) in [6, 6.07) is 0. The average Bonchev–Trinajstić information content (AvgIpc) is 3.04. The van der Waals surface area contributed by atoms with E-state index in [-0.39, 0.29) is 35.3 Å². The van der Waals surface area contributed by atoms with Gasteiger partial charge < -0.3 is 14.2 Å². The summed E-state index contributed by atoms with van der Waals surface area (Å²) in [6.45, 7) is 11.4. The molecule has 6 heteroatoms. The van der Waals surface area contributed by atoms with Crippen LogP contribution in [0.2, 0.25) is 0 Å². The maximum Gasteiger partial charge on any atom is 0.303 e. The highest BCUT2D eigenvalue weighted by Gasteiger charge is 2.64. The van der Waals surface area contributed by atoms with Crippen molar-refractivity contribution in [2.24, 2.45) is 40.4 Å². The van der Waals surface area contributed by atoms with Gasteiger partial charge in [-0.25, -0.2) is 0 Å². The van der Waals surface area contributed by atoms with E-state index >= 15 is 0 Å². The van der Waals surface area contributed by atoms with Gasteiger partial charge in [-0.15, -0.1) is 0 Å². The minimum Gasteiger partial charge on any atom is -0.462 e. The Kier molecular flexibility index (Phi) is 6.60. The molecule has 0 radical (unpaired) electrons. The number of ether oxygens (including phenoxy) is 3. The maximum atomic E-state index is 12.1. The molecule has 0 aromatic heterocycles. The summed E-state index contributed by atoms with van der Waals surface area (Å²) in [7, 11) is 0. The molecule has 4 aliphatic carbocycles. The molecule has 0 aliphatic heterocycles. The van der Waals surface area contributed by atoms with E-state index in [1.54, 1.807) is 0 Å². The summed E-state index contributed by atoms with van der Waals surface area (Å²) in [5.74, 6) is 1.55. The van der Waals surface area contributed by atoms with Crippen molar-refractivity contribution in [2.45, 2.75) is 111 Å². The summed E-state index contributed by atoms with van der Waals surface area (Å²) >= 11 is 0. The number of hydrogen-bond acceptors (Lipinski definition) is 6. The van der Waals surface area contributed by atoms with E-state index in [0.29, 0.717) is 36.0 Å². The third-order valence-electron chi connectivity index (χ3n) is 10.3. The van der Waals surface area contributed by atoms with Gasteiger partial charge in [0, 0.05) is 26.7 Å². The van der Waals surface area contributed by atoms with Gasteiger partial charge in [-0.2, -0.15) is 0 Å². The Morgan fingerprint density at radius 3 is 1.91 bits per heavy atom. The third-order valence-corrected chi connectivity index (χ3v) is 10.3. The monoisotopic (exact) mass is 462 g/mol. The molecule has 0 amide bonds. The molecule has 7 unspecified atom stereocenters. The second kappa shape index (κ2) is 8.88. The number of carbonyl (C=O) groups excluding carboxylic acids is 3. The van der Waals surface area contributed by atoms with Gasteiger partial charge in [0.25, 0.3) is 0 Å². The molecule has 0 aromatic carbocycles. The lowest BCUT2D eigenvalue weighted by molar-refractivity contribution is -0.219. The van der Waals surface area contributed by atoms with E-state index < -0.39 is 12.2 Å². The zero-order chi connectivity index (χ0) is 24.1. The zero-order valence-corrected chi connectivity index (χ0v) is 21.2. The third kappa shape index (κ3) is 4.20. The average molecular weight is 463 g/mol. The Morgan fingerprint density at radius 2 is 1.30 bits per heavy atom. The Hall–Kier alpha value is -1.59. The van der Waals surface area contributed by atoms with Crippen LogP contribution in [0.1, 0.15) is 92.9 Å². The van der Waals surface area contributed by atoms with Gasteiger partial charge in [0.05, 0.1) is 0 Å². The fourth-order valence-corrected chi connectivity index (χ4v) is 9.05. The topological polar surface area (TPSA) is 78.9 Å². The zero-order valence-electron chi connectivity index (χ0n) is 21.2. The summed E-state index contributed by atoms with van der Waals surface area (Å²) in [4.78, 5) is 35.9. The van der Waals surface area contributed by atoms with Crippen molar-refractivity contribution < 1.29 is 28.6 Å². The largest absolute Gasteiger partial charge is 0.462 e. The molecule has 4 rings (SSSR count). The minimum absolute atomic E-state index is 0.0894. The maximum absolute atomic E-state index is 12.1. The normalized spacial score (nSPS) is 46.4. The van der Waals surface area contributed by atoms with E-state index in [0.717, 1.165) is 12.3 Å². The van der Waals surface area contributed by atoms with E-state index in [9.17, 15) is 14.4 Å². The highest BCUT2D eigenvalue weighted by atomic mass is 16.6. The van der Waals surface area contributed by atoms with Crippen LogP contribution in [0.4, 0.5) is 0 Å². The summed E-state index contributed by atoms with van der Waals surface area (Å²) in [5, 5.41) is 0. The van der Waals surface area contributed by atoms with Crippen molar-refractivity contribution in [1.29, 1.82) is 0 Å². The number of esters is 3. The molecular weight excluding hydrogens is 420 g/mol. The van der Waals surface area contributed by atoms with Crippen LogP contribution in [0.3, 0.4) is 0 Å². The summed E-state index contributed by atoms with van der Waals surface area (Å²) < 4.78 is 17.4. The van der Waals surface area contributed by atoms with Crippen LogP contribution in [0.15, 0.2) is 0 Å². The second-order valence-corrected chi connectivity index (χ2v) is 11.8. The van der Waals surface area contributed by atoms with Gasteiger partial charge >= 0.3 is 17.9 Å². The molecule has 0 saturated heterocycles. The Balaban J connectivity index is 1.70. The van der Waals surface area contributed by atoms with Gasteiger partial charge in [-0.05, 0) is 79.4 Å². The molecule has 4 aliphatic rings. The SMILES string of the molecule is CCC1CCC2C3C[C@H](OC(C)=O)C4C[C@H](OC(C)=O)[C@@H](OC(C)=O)CC4(C)C3CCC12C. The van der Waals surface area contributed by atoms with Crippen LogP contribution < -0.4 is 0 Å². The first-order valence-corrected chi connectivity index (χ1v) is 13.0. The van der Waals surface area contributed by atoms with Crippen LogP contribution in [0.25, 0.3) is 0 Å². The molecule has 33 heavy (non-hydrogen) atoms. The highest BCUT2D eigenvalue weighted by Crippen LogP contribution is 2.68. The fourth-order valence-electron chi connectivity index (χ4n) is 9.05. The predicted octanol–water partition coefficient (Wildman–Crippen LogP) is 5.07. The molecule has 10 atom stereocenters. The molecular formula is C27H42O6. The van der Waals surface area contributed by atoms with Crippen molar-refractivity contribution in [3.63, 3.8) is 0 Å². The minimum atomic E-state index is -0.496. The number of hydrogen-bond donors (Lipinski definition) is 0. The van der Waals surface area contributed by atoms with Gasteiger partial charge in [-0.3, -0.25) is 14.4 Å². The van der Waals surface area contributed by atoms with Gasteiger partial charge in [-0.1, -0.05) is 27.2 Å². The van der Waals surface area contributed by atoms with Crippen LogP contribution >= 0.6 is 0 Å². The van der Waals surface area contributed by atoms with E-state index in [1.807, 2.05) is 0 Å². The molecule has 0 N–H and O–H groups in total. The lowest BCUT2D eigenvalue weighted by Crippen LogP contribution is -2.62. The molecule has 0 heterocycles. The van der Waals surface area contributed by atoms with Gasteiger partial charge in [0.1, 0.15) is 18.3 Å². The Morgan fingerprint density at radius 1 is 0.727 bits per heavy atom. The van der Waals surface area contributed by atoms with Crippen molar-refractivity contribution in [2.75, 3.05) is 0 Å². The first kappa shape index (κ1) is 24.5. The molecule has 186 valence electrons. The number of carbonyl (C=O) groups is 3. The van der Waals surface area contributed by atoms with Crippen LogP contribution in [0, 0.1) is 40.4 Å². The van der Waals surface area contributed by atoms with Crippen LogP contribution in [-0.4, -0.2) is 36.2 Å². The quantitative estimate of drug-likeness (QED) is 0.429. The standard InChI is InChI=1S/C27H42O6/c1-7-18-8-9-20-19-12-23(31-15(2)28)22-13-24(32-16(3)29)25(33-17(4)30)14-27(22,6)21(19)10-11-26(18,20)5/h18-25H,7-14H2,1-6H3/t18?,19?,20?,21?,22?,23-,24-,25-,26?,27?/m0/s1. The van der Waals surface area contributed by atoms with E-state index in [4.69, 9.17) is 14.2 Å². The van der Waals surface area contributed by atoms with Crippen molar-refractivity contribution in [3.05, 3.63) is 0 Å². The number of rotatable bonds is 4. The molecule has 0 bridgehead atoms. The summed E-state index contributed by atoms with van der Waals surface area (Å²) in [5.41, 5.74) is 0.232. The molecule has 4 fully saturated rings. The first-order valence-electron chi connectivity index (χ1n) is 13.0. The lowest BCUT2D eigenvalue weighted by atomic mass is 9.43. The van der Waals surface area contributed by atoms with Crippen LogP contribution in [0.5, 0.6) is 0 Å². The van der Waals surface area contributed by atoms with Crippen molar-refractivity contribution >= 4 is 17.9 Å². The van der Waals surface area contributed by atoms with Crippen LogP contribution in [-0.2, 0) is 28.6 Å². The van der Waals surface area contributed by atoms with E-state index in [1.165, 1.54) is 52.9 Å². The van der Waals surface area contributed by atoms with Gasteiger partial charge in [0.2, 0.25) is 0 Å². The highest BCUT2D eigenvalue weighted by molar-refractivity contribution is 5.67. The van der Waals surface area contributed by atoms with Gasteiger partial charge in [0.15, 0.2) is 0 Å². The smallest absolute Gasteiger partial charge is 0.303 e. The molecule has 0 spiro atoms. The molecule has 0 aromatic rings. The van der Waals surface area contributed by atoms with Crippen molar-refractivity contribution in [3.8, 4) is 0 Å². The lowest BCUT2D eigenvalue weighted by Gasteiger charge is -2.63. The Bertz CT molecular complexity index is 793. The number of fused-ring (bicyclic) bond motifs is 5.